The zero-order valence-corrected chi connectivity index (χ0v) is 8.72. The minimum absolute atomic E-state index is 0.273. The molecule has 0 aliphatic rings. The molecule has 0 spiro atoms. The molecule has 94 valence electrons. The Kier molecular flexibility index (Phi) is 2.77. The van der Waals surface area contributed by atoms with Crippen LogP contribution < -0.4 is 0 Å². The summed E-state index contributed by atoms with van der Waals surface area (Å²) in [5.41, 5.74) is -1.79. The van der Waals surface area contributed by atoms with Crippen molar-refractivity contribution < 1.29 is 23.1 Å². The number of aromatic nitrogens is 3. The molecule has 0 saturated carbocycles. The van der Waals surface area contributed by atoms with Crippen LogP contribution in [0.15, 0.2) is 30.9 Å². The average molecular weight is 257 g/mol. The molecule has 8 heteroatoms. The molecule has 1 aromatic heterocycles. The molecule has 1 N–H and O–H groups in total. The molecule has 1 heterocycles. The molecular weight excluding hydrogens is 251 g/mol. The lowest BCUT2D eigenvalue weighted by atomic mass is 10.1. The lowest BCUT2D eigenvalue weighted by Crippen LogP contribution is -2.13. The molecule has 2 rings (SSSR count). The second kappa shape index (κ2) is 4.13. The van der Waals surface area contributed by atoms with Crippen molar-refractivity contribution in [3.05, 3.63) is 42.0 Å². The first-order chi connectivity index (χ1) is 8.39. The van der Waals surface area contributed by atoms with Crippen molar-refractivity contribution >= 4 is 5.97 Å². The zero-order chi connectivity index (χ0) is 13.3. The van der Waals surface area contributed by atoms with E-state index >= 15 is 0 Å². The fraction of sp³-hybridized carbons (Fsp3) is 0.100. The maximum atomic E-state index is 12.8. The highest BCUT2D eigenvalue weighted by Gasteiger charge is 2.35. The third-order valence-corrected chi connectivity index (χ3v) is 2.21. The predicted octanol–water partition coefficient (Wildman–Crippen LogP) is 1.98. The topological polar surface area (TPSA) is 68.0 Å². The summed E-state index contributed by atoms with van der Waals surface area (Å²) in [4.78, 5) is 14.2. The normalized spacial score (nSPS) is 11.5. The van der Waals surface area contributed by atoms with Gasteiger partial charge in [0.15, 0.2) is 0 Å². The summed E-state index contributed by atoms with van der Waals surface area (Å²) in [6.45, 7) is 0. The lowest BCUT2D eigenvalue weighted by Gasteiger charge is -2.12. The van der Waals surface area contributed by atoms with Gasteiger partial charge in [-0.1, -0.05) is 0 Å². The van der Waals surface area contributed by atoms with E-state index < -0.39 is 23.3 Å². The number of carbonyl (C=O) groups is 1. The second-order valence-electron chi connectivity index (χ2n) is 3.37. The number of halogens is 3. The van der Waals surface area contributed by atoms with Gasteiger partial charge < -0.3 is 5.11 Å². The Hall–Kier alpha value is -2.38. The van der Waals surface area contributed by atoms with Crippen molar-refractivity contribution in [2.24, 2.45) is 0 Å². The van der Waals surface area contributed by atoms with Crippen LogP contribution in [0.2, 0.25) is 0 Å². The van der Waals surface area contributed by atoms with Crippen LogP contribution in [0, 0.1) is 0 Å². The van der Waals surface area contributed by atoms with Gasteiger partial charge >= 0.3 is 12.1 Å². The maximum absolute atomic E-state index is 12.8. The highest BCUT2D eigenvalue weighted by molar-refractivity contribution is 5.88. The monoisotopic (exact) mass is 257 g/mol. The van der Waals surface area contributed by atoms with Gasteiger partial charge in [-0.25, -0.2) is 14.5 Å². The number of nitrogens with zero attached hydrogens (tertiary/aromatic N) is 3. The van der Waals surface area contributed by atoms with Crippen molar-refractivity contribution in [3.8, 4) is 5.69 Å². The van der Waals surface area contributed by atoms with Crippen molar-refractivity contribution in [3.63, 3.8) is 0 Å². The standard InChI is InChI=1S/C10H6F3N3O2/c11-10(12,13)7-3-6(9(17)18)1-2-8(7)16-5-14-4-15-16/h1-5H,(H,17,18). The molecule has 0 atom stereocenters. The van der Waals surface area contributed by atoms with Gasteiger partial charge in [0.2, 0.25) is 0 Å². The number of hydrogen-bond donors (Lipinski definition) is 1. The minimum Gasteiger partial charge on any atom is -0.478 e. The van der Waals surface area contributed by atoms with Crippen molar-refractivity contribution in [1.29, 1.82) is 0 Å². The number of benzene rings is 1. The third-order valence-electron chi connectivity index (χ3n) is 2.21. The van der Waals surface area contributed by atoms with E-state index in [9.17, 15) is 18.0 Å². The molecule has 0 amide bonds. The second-order valence-corrected chi connectivity index (χ2v) is 3.37. The molecule has 2 aromatic rings. The fourth-order valence-electron chi connectivity index (χ4n) is 1.43. The Labute approximate surface area is 98.5 Å². The van der Waals surface area contributed by atoms with Crippen LogP contribution in [0.25, 0.3) is 5.69 Å². The van der Waals surface area contributed by atoms with E-state index in [1.54, 1.807) is 0 Å². The Morgan fingerprint density at radius 3 is 2.56 bits per heavy atom. The van der Waals surface area contributed by atoms with Gasteiger partial charge in [0.25, 0.3) is 0 Å². The van der Waals surface area contributed by atoms with Gasteiger partial charge in [0.1, 0.15) is 12.7 Å². The molecule has 0 unspecified atom stereocenters. The van der Waals surface area contributed by atoms with E-state index in [1.165, 1.54) is 0 Å². The van der Waals surface area contributed by atoms with E-state index in [4.69, 9.17) is 5.11 Å². The van der Waals surface area contributed by atoms with Crippen LogP contribution in [0.5, 0.6) is 0 Å². The van der Waals surface area contributed by atoms with Crippen LogP contribution in [0.3, 0.4) is 0 Å². The molecule has 0 saturated heterocycles. The first-order valence-corrected chi connectivity index (χ1v) is 4.69. The van der Waals surface area contributed by atoms with Crippen molar-refractivity contribution in [2.45, 2.75) is 6.18 Å². The molecule has 0 aliphatic heterocycles. The van der Waals surface area contributed by atoms with Crippen molar-refractivity contribution in [1.82, 2.24) is 14.8 Å². The molecular formula is C10H6F3N3O2. The first-order valence-electron chi connectivity index (χ1n) is 4.69. The van der Waals surface area contributed by atoms with Crippen molar-refractivity contribution in [2.75, 3.05) is 0 Å². The fourth-order valence-corrected chi connectivity index (χ4v) is 1.43. The number of alkyl halides is 3. The van der Waals surface area contributed by atoms with Gasteiger partial charge in [0.05, 0.1) is 16.8 Å². The zero-order valence-electron chi connectivity index (χ0n) is 8.72. The molecule has 0 fully saturated rings. The van der Waals surface area contributed by atoms with E-state index in [2.05, 4.69) is 10.1 Å². The third kappa shape index (κ3) is 2.17. The lowest BCUT2D eigenvalue weighted by molar-refractivity contribution is -0.137. The average Bonchev–Trinajstić information content (AvgIpc) is 2.80. The van der Waals surface area contributed by atoms with Crippen LogP contribution >= 0.6 is 0 Å². The summed E-state index contributed by atoms with van der Waals surface area (Å²) in [6, 6.07) is 2.69. The van der Waals surface area contributed by atoms with Crippen LogP contribution in [0.1, 0.15) is 15.9 Å². The van der Waals surface area contributed by atoms with Gasteiger partial charge in [-0.15, -0.1) is 0 Å². The van der Waals surface area contributed by atoms with Gasteiger partial charge in [-0.2, -0.15) is 18.3 Å². The van der Waals surface area contributed by atoms with Crippen LogP contribution in [-0.4, -0.2) is 25.8 Å². The Bertz CT molecular complexity index is 579. The Balaban J connectivity index is 2.64. The van der Waals surface area contributed by atoms with Crippen LogP contribution in [-0.2, 0) is 6.18 Å². The summed E-state index contributed by atoms with van der Waals surface area (Å²) >= 11 is 0. The van der Waals surface area contributed by atoms with Gasteiger partial charge in [-0.3, -0.25) is 0 Å². The summed E-state index contributed by atoms with van der Waals surface area (Å²) in [5.74, 6) is -1.43. The highest BCUT2D eigenvalue weighted by Crippen LogP contribution is 2.34. The molecule has 5 nitrogen and oxygen atoms in total. The van der Waals surface area contributed by atoms with Gasteiger partial charge in [-0.05, 0) is 18.2 Å². The van der Waals surface area contributed by atoms with Gasteiger partial charge in [0, 0.05) is 0 Å². The number of rotatable bonds is 2. The predicted molar refractivity (Wildman–Crippen MR) is 53.3 cm³/mol. The Morgan fingerprint density at radius 1 is 1.33 bits per heavy atom. The molecule has 0 aliphatic carbocycles. The number of hydrogen-bond acceptors (Lipinski definition) is 3. The first kappa shape index (κ1) is 12.1. The smallest absolute Gasteiger partial charge is 0.418 e. The number of carboxylic acids is 1. The SMILES string of the molecule is O=C(O)c1ccc(-n2cncn2)c(C(F)(F)F)c1. The summed E-state index contributed by atoms with van der Waals surface area (Å²) in [7, 11) is 0. The van der Waals surface area contributed by atoms with E-state index in [0.717, 1.165) is 29.5 Å². The molecule has 0 bridgehead atoms. The summed E-state index contributed by atoms with van der Waals surface area (Å²) < 4.78 is 39.4. The maximum Gasteiger partial charge on any atom is 0.418 e. The van der Waals surface area contributed by atoms with E-state index in [0.29, 0.717) is 6.07 Å². The molecule has 18 heavy (non-hydrogen) atoms. The quantitative estimate of drug-likeness (QED) is 0.893. The number of carboxylic acid groups (broad SMARTS) is 1. The summed E-state index contributed by atoms with van der Waals surface area (Å²) in [6.07, 6.45) is -2.48. The molecule has 1 aromatic carbocycles. The summed E-state index contributed by atoms with van der Waals surface area (Å²) in [5, 5.41) is 12.3. The van der Waals surface area contributed by atoms with E-state index in [1.807, 2.05) is 0 Å². The highest BCUT2D eigenvalue weighted by atomic mass is 19.4. The number of aromatic carboxylic acids is 1. The Morgan fingerprint density at radius 2 is 2.06 bits per heavy atom. The largest absolute Gasteiger partial charge is 0.478 e. The van der Waals surface area contributed by atoms with E-state index in [-0.39, 0.29) is 5.69 Å². The molecule has 0 radical (unpaired) electrons. The van der Waals surface area contributed by atoms with Crippen LogP contribution in [0.4, 0.5) is 13.2 Å². The minimum atomic E-state index is -4.67.